The molecule has 2 fully saturated rings. The molecule has 2 aliphatic carbocycles. The van der Waals surface area contributed by atoms with E-state index < -0.39 is 15.7 Å². The number of halogens is 2. The minimum atomic E-state index is -3.60. The molecule has 3 unspecified atom stereocenters. The summed E-state index contributed by atoms with van der Waals surface area (Å²) in [4.78, 5) is 12.4. The molecule has 3 rings (SSSR count). The van der Waals surface area contributed by atoms with Gasteiger partial charge in [-0.25, -0.2) is 12.8 Å². The minimum Gasteiger partial charge on any atom is -0.349 e. The monoisotopic (exact) mass is 418 g/mol. The molecular formula is C19H28ClFN2O3S. The molecule has 2 saturated carbocycles. The Bertz CT molecular complexity index is 788. The van der Waals surface area contributed by atoms with E-state index in [1.807, 2.05) is 0 Å². The maximum Gasteiger partial charge on any atom is 0.223 e. The molecule has 2 bridgehead atoms. The third kappa shape index (κ3) is 4.81. The topological polar surface area (TPSA) is 89.3 Å². The lowest BCUT2D eigenvalue weighted by atomic mass is 9.65. The van der Waals surface area contributed by atoms with Gasteiger partial charge in [0.2, 0.25) is 5.91 Å². The van der Waals surface area contributed by atoms with E-state index >= 15 is 0 Å². The highest BCUT2D eigenvalue weighted by molar-refractivity contribution is 7.90. The Morgan fingerprint density at radius 3 is 2.37 bits per heavy atom. The average Bonchev–Trinajstić information content (AvgIpc) is 2.53. The Labute approximate surface area is 166 Å². The Balaban J connectivity index is 0.00000261. The number of nitrogens with two attached hydrogens (primary N) is 1. The maximum absolute atomic E-state index is 14.1. The molecular weight excluding hydrogens is 391 g/mol. The second kappa shape index (κ2) is 8.45. The third-order valence-corrected chi connectivity index (χ3v) is 7.13. The number of nitrogens with one attached hydrogen (secondary N) is 1. The zero-order chi connectivity index (χ0) is 19.1. The summed E-state index contributed by atoms with van der Waals surface area (Å²) in [6.45, 7) is 1.78. The molecule has 3 atom stereocenters. The summed E-state index contributed by atoms with van der Waals surface area (Å²) in [5.41, 5.74) is 6.83. The fourth-order valence-electron chi connectivity index (χ4n) is 4.50. The predicted molar refractivity (Wildman–Crippen MR) is 105 cm³/mol. The van der Waals surface area contributed by atoms with Gasteiger partial charge >= 0.3 is 0 Å². The maximum atomic E-state index is 14.1. The van der Waals surface area contributed by atoms with Crippen LogP contribution in [0.1, 0.15) is 50.6 Å². The summed E-state index contributed by atoms with van der Waals surface area (Å²) in [7, 11) is -3.60. The van der Waals surface area contributed by atoms with E-state index in [1.165, 1.54) is 18.6 Å². The van der Waals surface area contributed by atoms with Crippen molar-refractivity contribution in [3.63, 3.8) is 0 Å². The summed E-state index contributed by atoms with van der Waals surface area (Å²) in [5, 5.41) is 2.96. The summed E-state index contributed by atoms with van der Waals surface area (Å²) >= 11 is 0. The van der Waals surface area contributed by atoms with Crippen LogP contribution in [0, 0.1) is 23.6 Å². The highest BCUT2D eigenvalue weighted by Crippen LogP contribution is 2.42. The number of fused-ring (bicyclic) bond motifs is 2. The fourth-order valence-corrected chi connectivity index (χ4v) is 5.23. The zero-order valence-electron chi connectivity index (χ0n) is 15.7. The van der Waals surface area contributed by atoms with Gasteiger partial charge in [0.1, 0.15) is 10.7 Å². The van der Waals surface area contributed by atoms with Crippen LogP contribution in [-0.2, 0) is 14.6 Å². The van der Waals surface area contributed by atoms with E-state index in [2.05, 4.69) is 5.32 Å². The first-order chi connectivity index (χ1) is 12.2. The summed E-state index contributed by atoms with van der Waals surface area (Å²) in [5.74, 6) is -0.0223. The highest BCUT2D eigenvalue weighted by atomic mass is 35.5. The molecule has 1 aromatic carbocycles. The van der Waals surface area contributed by atoms with Crippen LogP contribution >= 0.6 is 12.4 Å². The zero-order valence-corrected chi connectivity index (χ0v) is 17.3. The van der Waals surface area contributed by atoms with Crippen LogP contribution in [0.3, 0.4) is 0 Å². The van der Waals surface area contributed by atoms with Crippen LogP contribution in [0.5, 0.6) is 0 Å². The van der Waals surface area contributed by atoms with E-state index in [9.17, 15) is 17.6 Å². The molecule has 3 N–H and O–H groups in total. The van der Waals surface area contributed by atoms with Gasteiger partial charge in [-0.1, -0.05) is 12.5 Å². The number of hydrogen-bond donors (Lipinski definition) is 2. The summed E-state index contributed by atoms with van der Waals surface area (Å²) in [6.07, 6.45) is 5.99. The van der Waals surface area contributed by atoms with E-state index in [4.69, 9.17) is 5.73 Å². The molecule has 1 amide bonds. The van der Waals surface area contributed by atoms with Crippen molar-refractivity contribution < 1.29 is 17.6 Å². The lowest BCUT2D eigenvalue weighted by Gasteiger charge is -2.43. The van der Waals surface area contributed by atoms with Crippen molar-refractivity contribution in [2.45, 2.75) is 56.0 Å². The van der Waals surface area contributed by atoms with Gasteiger partial charge in [-0.3, -0.25) is 4.79 Å². The van der Waals surface area contributed by atoms with Crippen molar-refractivity contribution in [3.05, 3.63) is 29.6 Å². The first-order valence-electron chi connectivity index (χ1n) is 9.22. The van der Waals surface area contributed by atoms with Gasteiger partial charge in [-0.05, 0) is 62.1 Å². The number of sulfone groups is 1. The highest BCUT2D eigenvalue weighted by Gasteiger charge is 2.40. The van der Waals surface area contributed by atoms with Crippen LogP contribution < -0.4 is 11.1 Å². The van der Waals surface area contributed by atoms with Crippen molar-refractivity contribution in [1.82, 2.24) is 5.32 Å². The molecule has 1 aromatic rings. The van der Waals surface area contributed by atoms with Gasteiger partial charge < -0.3 is 11.1 Å². The predicted octanol–water partition coefficient (Wildman–Crippen LogP) is 2.98. The first kappa shape index (κ1) is 22.1. The number of rotatable bonds is 4. The molecule has 0 aliphatic heterocycles. The molecule has 27 heavy (non-hydrogen) atoms. The van der Waals surface area contributed by atoms with Crippen molar-refractivity contribution in [2.24, 2.45) is 23.5 Å². The minimum absolute atomic E-state index is 0. The van der Waals surface area contributed by atoms with Gasteiger partial charge in [-0.2, -0.15) is 0 Å². The summed E-state index contributed by atoms with van der Waals surface area (Å²) < 4.78 is 37.1. The SMILES string of the molecule is CC(NC(=O)C1CC2CCCC(C1)C2N)c1ccc(S(C)(=O)=O)c(F)c1.Cl. The smallest absolute Gasteiger partial charge is 0.223 e. The molecule has 0 heterocycles. The van der Waals surface area contributed by atoms with Gasteiger partial charge in [0, 0.05) is 18.2 Å². The largest absolute Gasteiger partial charge is 0.349 e. The normalized spacial score (nSPS) is 28.7. The van der Waals surface area contributed by atoms with E-state index in [0.29, 0.717) is 17.4 Å². The number of benzene rings is 1. The second-order valence-electron chi connectivity index (χ2n) is 7.89. The number of hydrogen-bond acceptors (Lipinski definition) is 4. The Kier molecular flexibility index (Phi) is 6.92. The molecule has 0 radical (unpaired) electrons. The van der Waals surface area contributed by atoms with Gasteiger partial charge in [0.15, 0.2) is 9.84 Å². The number of carbonyl (C=O) groups is 1. The van der Waals surface area contributed by atoms with Crippen LogP contribution in [0.15, 0.2) is 23.1 Å². The molecule has 0 spiro atoms. The van der Waals surface area contributed by atoms with Gasteiger partial charge in [0.25, 0.3) is 0 Å². The number of amides is 1. The van der Waals surface area contributed by atoms with Crippen LogP contribution in [0.2, 0.25) is 0 Å². The van der Waals surface area contributed by atoms with Crippen LogP contribution in [0.4, 0.5) is 4.39 Å². The lowest BCUT2D eigenvalue weighted by molar-refractivity contribution is -0.128. The molecule has 8 heteroatoms. The quantitative estimate of drug-likeness (QED) is 0.786. The Morgan fingerprint density at radius 2 is 1.85 bits per heavy atom. The van der Waals surface area contributed by atoms with Crippen molar-refractivity contribution in [3.8, 4) is 0 Å². The molecule has 152 valence electrons. The third-order valence-electron chi connectivity index (χ3n) is 6.00. The number of carbonyl (C=O) groups excluding carboxylic acids is 1. The van der Waals surface area contributed by atoms with E-state index in [0.717, 1.165) is 31.9 Å². The Hall–Kier alpha value is -1.18. The fraction of sp³-hybridized carbons (Fsp3) is 0.632. The molecule has 0 saturated heterocycles. The second-order valence-corrected chi connectivity index (χ2v) is 9.87. The molecule has 5 nitrogen and oxygen atoms in total. The van der Waals surface area contributed by atoms with Crippen LogP contribution in [0.25, 0.3) is 0 Å². The first-order valence-corrected chi connectivity index (χ1v) is 11.1. The molecule has 2 aliphatic rings. The standard InChI is InChI=1S/C19H27FN2O3S.ClH/c1-11(12-6-7-17(16(20)10-12)26(2,24)25)22-19(23)15-8-13-4-3-5-14(9-15)18(13)21;/h6-7,10-11,13-15,18H,3-5,8-9,21H2,1-2H3,(H,22,23);1H. The van der Waals surface area contributed by atoms with Gasteiger partial charge in [-0.15, -0.1) is 12.4 Å². The lowest BCUT2D eigenvalue weighted by Crippen LogP contribution is -2.49. The Morgan fingerprint density at radius 1 is 1.26 bits per heavy atom. The van der Waals surface area contributed by atoms with Crippen molar-refractivity contribution in [2.75, 3.05) is 6.26 Å². The van der Waals surface area contributed by atoms with Crippen LogP contribution in [-0.4, -0.2) is 26.6 Å². The van der Waals surface area contributed by atoms with E-state index in [1.54, 1.807) is 13.0 Å². The van der Waals surface area contributed by atoms with Crippen molar-refractivity contribution >= 4 is 28.2 Å². The molecule has 0 aromatic heterocycles. The summed E-state index contributed by atoms with van der Waals surface area (Å²) in [6, 6.07) is 3.82. The van der Waals surface area contributed by atoms with E-state index in [-0.39, 0.29) is 41.2 Å². The van der Waals surface area contributed by atoms with Gasteiger partial charge in [0.05, 0.1) is 6.04 Å². The average molecular weight is 419 g/mol. The van der Waals surface area contributed by atoms with Crippen molar-refractivity contribution in [1.29, 1.82) is 0 Å².